The zero-order valence-corrected chi connectivity index (χ0v) is 13.9. The molecule has 1 aromatic rings. The fourth-order valence-electron chi connectivity index (χ4n) is 3.22. The number of nitrogens with one attached hydrogen (secondary N) is 2. The molecule has 132 valence electrons. The van der Waals surface area contributed by atoms with E-state index in [0.29, 0.717) is 45.8 Å². The van der Waals surface area contributed by atoms with E-state index >= 15 is 0 Å². The van der Waals surface area contributed by atoms with Crippen molar-refractivity contribution >= 4 is 11.8 Å². The molecule has 1 aromatic heterocycles. The number of nitrogens with zero attached hydrogens (tertiary/aromatic N) is 3. The summed E-state index contributed by atoms with van der Waals surface area (Å²) >= 11 is 0. The molecular formula is C16H25N5O3. The van der Waals surface area contributed by atoms with Crippen molar-refractivity contribution < 1.29 is 14.3 Å². The second kappa shape index (κ2) is 8.25. The summed E-state index contributed by atoms with van der Waals surface area (Å²) in [5.41, 5.74) is 1.10. The third kappa shape index (κ3) is 4.12. The minimum absolute atomic E-state index is 0.0358. The van der Waals surface area contributed by atoms with Crippen molar-refractivity contribution in [3.8, 4) is 0 Å². The predicted octanol–water partition coefficient (Wildman–Crippen LogP) is -0.608. The summed E-state index contributed by atoms with van der Waals surface area (Å²) < 4.78 is 5.30. The first-order valence-electron chi connectivity index (χ1n) is 8.60. The number of carbonyl (C=O) groups is 2. The van der Waals surface area contributed by atoms with Gasteiger partial charge in [-0.2, -0.15) is 5.10 Å². The van der Waals surface area contributed by atoms with Crippen LogP contribution in [-0.2, 0) is 20.7 Å². The summed E-state index contributed by atoms with van der Waals surface area (Å²) in [4.78, 5) is 28.9. The van der Waals surface area contributed by atoms with Gasteiger partial charge in [-0.05, 0) is 18.4 Å². The third-order valence-electron chi connectivity index (χ3n) is 4.58. The van der Waals surface area contributed by atoms with Gasteiger partial charge in [-0.3, -0.25) is 14.7 Å². The predicted molar refractivity (Wildman–Crippen MR) is 87.3 cm³/mol. The molecule has 0 aliphatic carbocycles. The smallest absolute Gasteiger partial charge is 0.246 e. The van der Waals surface area contributed by atoms with Gasteiger partial charge < -0.3 is 19.9 Å². The lowest BCUT2D eigenvalue weighted by Crippen LogP contribution is -2.61. The van der Waals surface area contributed by atoms with Crippen LogP contribution in [0.15, 0.2) is 12.4 Å². The van der Waals surface area contributed by atoms with Crippen molar-refractivity contribution in [1.29, 1.82) is 0 Å². The highest BCUT2D eigenvalue weighted by Gasteiger charge is 2.34. The Morgan fingerprint density at radius 1 is 1.29 bits per heavy atom. The number of carbonyl (C=O) groups excluding carboxylic acids is 2. The summed E-state index contributed by atoms with van der Waals surface area (Å²) in [6.07, 6.45) is 5.66. The van der Waals surface area contributed by atoms with Crippen molar-refractivity contribution in [3.63, 3.8) is 0 Å². The molecule has 3 heterocycles. The van der Waals surface area contributed by atoms with Gasteiger partial charge in [0, 0.05) is 45.3 Å². The number of rotatable bonds is 5. The number of hydrogen-bond donors (Lipinski definition) is 2. The zero-order valence-electron chi connectivity index (χ0n) is 13.9. The molecule has 2 saturated heterocycles. The van der Waals surface area contributed by atoms with Crippen LogP contribution in [0.25, 0.3) is 0 Å². The van der Waals surface area contributed by atoms with E-state index in [0.717, 1.165) is 24.9 Å². The molecule has 2 fully saturated rings. The first-order chi connectivity index (χ1) is 11.8. The fraction of sp³-hybridized carbons (Fsp3) is 0.688. The molecule has 3 rings (SSSR count). The van der Waals surface area contributed by atoms with Crippen LogP contribution in [-0.4, -0.2) is 83.8 Å². The maximum atomic E-state index is 12.8. The number of H-pyrrole nitrogens is 1. The SMILES string of the molecule is O=C(C1CNCCN1C(=O)CCCc1cn[nH]c1)N1CCOCC1. The van der Waals surface area contributed by atoms with E-state index < -0.39 is 6.04 Å². The number of amides is 2. The molecular weight excluding hydrogens is 310 g/mol. The molecule has 0 spiro atoms. The average Bonchev–Trinajstić information content (AvgIpc) is 3.15. The van der Waals surface area contributed by atoms with Crippen molar-refractivity contribution in [2.45, 2.75) is 25.3 Å². The van der Waals surface area contributed by atoms with Crippen LogP contribution in [0.4, 0.5) is 0 Å². The molecule has 0 saturated carbocycles. The van der Waals surface area contributed by atoms with Gasteiger partial charge in [0.2, 0.25) is 11.8 Å². The van der Waals surface area contributed by atoms with E-state index in [2.05, 4.69) is 15.5 Å². The normalized spacial score (nSPS) is 21.8. The first kappa shape index (κ1) is 16.9. The van der Waals surface area contributed by atoms with Gasteiger partial charge in [-0.25, -0.2) is 0 Å². The molecule has 0 aromatic carbocycles. The Kier molecular flexibility index (Phi) is 5.81. The maximum absolute atomic E-state index is 12.8. The third-order valence-corrected chi connectivity index (χ3v) is 4.58. The maximum Gasteiger partial charge on any atom is 0.246 e. The number of morpholine rings is 1. The Hall–Kier alpha value is -1.93. The average molecular weight is 335 g/mol. The highest BCUT2D eigenvalue weighted by molar-refractivity contribution is 5.88. The molecule has 0 bridgehead atoms. The van der Waals surface area contributed by atoms with Gasteiger partial charge in [0.15, 0.2) is 0 Å². The summed E-state index contributed by atoms with van der Waals surface area (Å²) in [6.45, 7) is 4.22. The van der Waals surface area contributed by atoms with Crippen LogP contribution in [0.3, 0.4) is 0 Å². The number of ether oxygens (including phenoxy) is 1. The van der Waals surface area contributed by atoms with E-state index in [1.54, 1.807) is 11.1 Å². The molecule has 8 heteroatoms. The van der Waals surface area contributed by atoms with Crippen LogP contribution in [0.2, 0.25) is 0 Å². The monoisotopic (exact) mass is 335 g/mol. The summed E-state index contributed by atoms with van der Waals surface area (Å²) in [5.74, 6) is 0.0975. The molecule has 8 nitrogen and oxygen atoms in total. The lowest BCUT2D eigenvalue weighted by Gasteiger charge is -2.39. The van der Waals surface area contributed by atoms with E-state index in [9.17, 15) is 9.59 Å². The Morgan fingerprint density at radius 2 is 2.12 bits per heavy atom. The molecule has 2 aliphatic heterocycles. The van der Waals surface area contributed by atoms with Gasteiger partial charge in [0.1, 0.15) is 6.04 Å². The van der Waals surface area contributed by atoms with Crippen LogP contribution >= 0.6 is 0 Å². The van der Waals surface area contributed by atoms with E-state index in [1.807, 2.05) is 11.1 Å². The minimum Gasteiger partial charge on any atom is -0.378 e. The van der Waals surface area contributed by atoms with Gasteiger partial charge in [-0.15, -0.1) is 0 Å². The lowest BCUT2D eigenvalue weighted by atomic mass is 10.1. The van der Waals surface area contributed by atoms with Crippen LogP contribution in [0, 0.1) is 0 Å². The molecule has 1 unspecified atom stereocenters. The zero-order chi connectivity index (χ0) is 16.8. The van der Waals surface area contributed by atoms with Gasteiger partial charge in [-0.1, -0.05) is 0 Å². The number of aromatic amines is 1. The van der Waals surface area contributed by atoms with Crippen molar-refractivity contribution in [1.82, 2.24) is 25.3 Å². The molecule has 2 N–H and O–H groups in total. The molecule has 2 aliphatic rings. The second-order valence-corrected chi connectivity index (χ2v) is 6.20. The highest BCUT2D eigenvalue weighted by atomic mass is 16.5. The summed E-state index contributed by atoms with van der Waals surface area (Å²) in [6, 6.07) is -0.390. The van der Waals surface area contributed by atoms with Crippen LogP contribution < -0.4 is 5.32 Å². The standard InChI is InChI=1S/C16H25N5O3/c22-15(3-1-2-13-10-18-19-11-13)21-5-4-17-12-14(21)16(23)20-6-8-24-9-7-20/h10-11,14,17H,1-9,12H2,(H,18,19). The van der Waals surface area contributed by atoms with E-state index in [4.69, 9.17) is 4.74 Å². The largest absolute Gasteiger partial charge is 0.378 e. The summed E-state index contributed by atoms with van der Waals surface area (Å²) in [5, 5.41) is 9.92. The number of piperazine rings is 1. The number of hydrogen-bond acceptors (Lipinski definition) is 5. The second-order valence-electron chi connectivity index (χ2n) is 6.20. The van der Waals surface area contributed by atoms with Crippen molar-refractivity contribution in [2.75, 3.05) is 45.9 Å². The van der Waals surface area contributed by atoms with Gasteiger partial charge in [0.25, 0.3) is 0 Å². The fourth-order valence-corrected chi connectivity index (χ4v) is 3.22. The molecule has 1 atom stereocenters. The lowest BCUT2D eigenvalue weighted by molar-refractivity contribution is -0.149. The van der Waals surface area contributed by atoms with Crippen LogP contribution in [0.5, 0.6) is 0 Å². The Labute approximate surface area is 141 Å². The highest BCUT2D eigenvalue weighted by Crippen LogP contribution is 2.13. The van der Waals surface area contributed by atoms with Crippen LogP contribution in [0.1, 0.15) is 18.4 Å². The summed E-state index contributed by atoms with van der Waals surface area (Å²) in [7, 11) is 0. The Bertz CT molecular complexity index is 542. The number of aryl methyl sites for hydroxylation is 1. The first-order valence-corrected chi connectivity index (χ1v) is 8.60. The number of aromatic nitrogens is 2. The van der Waals surface area contributed by atoms with Crippen molar-refractivity contribution in [3.05, 3.63) is 18.0 Å². The van der Waals surface area contributed by atoms with Gasteiger partial charge >= 0.3 is 0 Å². The minimum atomic E-state index is -0.390. The van der Waals surface area contributed by atoms with E-state index in [1.165, 1.54) is 0 Å². The van der Waals surface area contributed by atoms with Crippen molar-refractivity contribution in [2.24, 2.45) is 0 Å². The molecule has 24 heavy (non-hydrogen) atoms. The van der Waals surface area contributed by atoms with E-state index in [-0.39, 0.29) is 11.8 Å². The molecule has 2 amide bonds. The Balaban J connectivity index is 1.54. The Morgan fingerprint density at radius 3 is 2.88 bits per heavy atom. The topological polar surface area (TPSA) is 90.6 Å². The quantitative estimate of drug-likeness (QED) is 0.749. The van der Waals surface area contributed by atoms with Gasteiger partial charge in [0.05, 0.1) is 19.4 Å². The molecule has 0 radical (unpaired) electrons.